The molecule has 0 bridgehead atoms. The van der Waals surface area contributed by atoms with Crippen LogP contribution in [0.3, 0.4) is 0 Å². The maximum Gasteiger partial charge on any atom is 0.273 e. The lowest BCUT2D eigenvalue weighted by molar-refractivity contribution is -0.917. The van der Waals surface area contributed by atoms with E-state index >= 15 is 0 Å². The van der Waals surface area contributed by atoms with Crippen molar-refractivity contribution in [2.45, 2.75) is 26.3 Å². The first-order valence-electron chi connectivity index (χ1n) is 9.80. The Morgan fingerprint density at radius 3 is 2.54 bits per heavy atom. The van der Waals surface area contributed by atoms with Crippen molar-refractivity contribution < 1.29 is 9.69 Å². The zero-order valence-electron chi connectivity index (χ0n) is 16.4. The summed E-state index contributed by atoms with van der Waals surface area (Å²) in [5, 5.41) is 6.93. The maximum absolute atomic E-state index is 12.8. The molecule has 146 valence electrons. The summed E-state index contributed by atoms with van der Waals surface area (Å²) in [4.78, 5) is 20.9. The highest BCUT2D eigenvalue weighted by atomic mass is 32.1. The lowest BCUT2D eigenvalue weighted by Gasteiger charge is -2.32. The summed E-state index contributed by atoms with van der Waals surface area (Å²) in [6, 6.07) is 11.0. The number of nitrogens with zero attached hydrogens (tertiary/aromatic N) is 2. The number of aromatic nitrogens is 1. The third kappa shape index (κ3) is 4.35. The molecule has 1 aliphatic rings. The molecule has 1 amide bonds. The summed E-state index contributed by atoms with van der Waals surface area (Å²) in [6.07, 6.45) is 0. The Bertz CT molecular complexity index is 908. The van der Waals surface area contributed by atoms with Gasteiger partial charge in [-0.2, -0.15) is 11.3 Å². The van der Waals surface area contributed by atoms with Crippen molar-refractivity contribution in [1.29, 1.82) is 0 Å². The molecule has 1 fully saturated rings. The van der Waals surface area contributed by atoms with Gasteiger partial charge in [0.2, 0.25) is 0 Å². The highest BCUT2D eigenvalue weighted by Gasteiger charge is 2.26. The van der Waals surface area contributed by atoms with Gasteiger partial charge in [-0.25, -0.2) is 4.98 Å². The van der Waals surface area contributed by atoms with E-state index in [1.54, 1.807) is 27.6 Å². The average Bonchev–Trinajstić information content (AvgIpc) is 3.40. The van der Waals surface area contributed by atoms with Crippen molar-refractivity contribution in [2.75, 3.05) is 26.2 Å². The van der Waals surface area contributed by atoms with Crippen LogP contribution in [0.2, 0.25) is 0 Å². The van der Waals surface area contributed by atoms with Gasteiger partial charge in [-0.1, -0.05) is 38.1 Å². The number of rotatable bonds is 5. The van der Waals surface area contributed by atoms with E-state index in [1.165, 1.54) is 11.1 Å². The Hall–Kier alpha value is -2.02. The van der Waals surface area contributed by atoms with Crippen molar-refractivity contribution in [1.82, 2.24) is 9.88 Å². The van der Waals surface area contributed by atoms with Gasteiger partial charge >= 0.3 is 0 Å². The zero-order valence-corrected chi connectivity index (χ0v) is 18.0. The first-order chi connectivity index (χ1) is 13.6. The molecular formula is C22H26N3OS2+. The molecule has 1 aliphatic heterocycles. The third-order valence-electron chi connectivity index (χ3n) is 5.35. The van der Waals surface area contributed by atoms with Gasteiger partial charge in [-0.15, -0.1) is 11.3 Å². The summed E-state index contributed by atoms with van der Waals surface area (Å²) in [6.45, 7) is 9.04. The lowest BCUT2D eigenvalue weighted by Crippen LogP contribution is -3.13. The fourth-order valence-corrected chi connectivity index (χ4v) is 5.07. The number of benzene rings is 1. The number of thiophene rings is 1. The molecule has 0 atom stereocenters. The monoisotopic (exact) mass is 412 g/mol. The van der Waals surface area contributed by atoms with Gasteiger partial charge in [0.25, 0.3) is 5.91 Å². The van der Waals surface area contributed by atoms with Crippen LogP contribution in [-0.2, 0) is 6.54 Å². The van der Waals surface area contributed by atoms with Crippen LogP contribution in [0.1, 0.15) is 41.4 Å². The molecule has 4 nitrogen and oxygen atoms in total. The second kappa shape index (κ2) is 8.55. The van der Waals surface area contributed by atoms with E-state index in [2.05, 4.69) is 48.5 Å². The van der Waals surface area contributed by atoms with E-state index in [0.29, 0.717) is 11.6 Å². The number of piperazine rings is 1. The molecule has 3 aromatic rings. The summed E-state index contributed by atoms with van der Waals surface area (Å²) >= 11 is 3.20. The molecule has 1 saturated heterocycles. The quantitative estimate of drug-likeness (QED) is 0.696. The number of hydrogen-bond acceptors (Lipinski definition) is 4. The van der Waals surface area contributed by atoms with Crippen LogP contribution >= 0.6 is 22.7 Å². The molecule has 0 spiro atoms. The van der Waals surface area contributed by atoms with Crippen LogP contribution in [0, 0.1) is 0 Å². The lowest BCUT2D eigenvalue weighted by atomic mass is 10.0. The van der Waals surface area contributed by atoms with Gasteiger partial charge in [0.1, 0.15) is 17.2 Å². The van der Waals surface area contributed by atoms with Crippen molar-refractivity contribution in [3.05, 3.63) is 63.3 Å². The SMILES string of the molecule is CC(C)c1ccc(C[NH+]2CCN(C(=O)c3csc(-c4ccsc4)n3)CC2)cc1. The molecule has 2 aromatic heterocycles. The number of carbonyl (C=O) groups is 1. The summed E-state index contributed by atoms with van der Waals surface area (Å²) < 4.78 is 0. The molecule has 4 rings (SSSR count). The molecule has 28 heavy (non-hydrogen) atoms. The number of hydrogen-bond donors (Lipinski definition) is 1. The van der Waals surface area contributed by atoms with Crippen LogP contribution in [-0.4, -0.2) is 42.0 Å². The molecule has 0 aliphatic carbocycles. The summed E-state index contributed by atoms with van der Waals surface area (Å²) in [7, 11) is 0. The highest BCUT2D eigenvalue weighted by molar-refractivity contribution is 7.14. The van der Waals surface area contributed by atoms with E-state index in [4.69, 9.17) is 0 Å². The number of quaternary nitrogens is 1. The van der Waals surface area contributed by atoms with Crippen molar-refractivity contribution in [3.8, 4) is 10.6 Å². The zero-order chi connectivity index (χ0) is 19.5. The van der Waals surface area contributed by atoms with Gasteiger partial charge in [0, 0.05) is 21.9 Å². The fraction of sp³-hybridized carbons (Fsp3) is 0.364. The minimum absolute atomic E-state index is 0.0677. The van der Waals surface area contributed by atoms with Gasteiger partial charge < -0.3 is 9.80 Å². The van der Waals surface area contributed by atoms with Crippen LogP contribution < -0.4 is 4.90 Å². The van der Waals surface area contributed by atoms with E-state index < -0.39 is 0 Å². The topological polar surface area (TPSA) is 37.6 Å². The smallest absolute Gasteiger partial charge is 0.273 e. The summed E-state index contributed by atoms with van der Waals surface area (Å²) in [5.41, 5.74) is 4.45. The minimum atomic E-state index is 0.0677. The molecule has 1 aromatic carbocycles. The Kier molecular flexibility index (Phi) is 5.90. The standard InChI is InChI=1S/C22H25N3OS2/c1-16(2)18-5-3-17(4-6-18)13-24-8-10-25(11-9-24)22(26)20-15-28-21(23-20)19-7-12-27-14-19/h3-7,12,14-16H,8-11,13H2,1-2H3/p+1. The Morgan fingerprint density at radius 2 is 1.89 bits per heavy atom. The Balaban J connectivity index is 1.32. The normalized spacial score (nSPS) is 15.3. The summed E-state index contributed by atoms with van der Waals surface area (Å²) in [5.74, 6) is 0.639. The van der Waals surface area contributed by atoms with Crippen molar-refractivity contribution in [2.24, 2.45) is 0 Å². The second-order valence-electron chi connectivity index (χ2n) is 7.67. The molecule has 3 heterocycles. The van der Waals surface area contributed by atoms with Gasteiger partial charge in [-0.05, 0) is 22.9 Å². The van der Waals surface area contributed by atoms with E-state index in [0.717, 1.165) is 43.3 Å². The molecule has 0 unspecified atom stereocenters. The molecule has 0 radical (unpaired) electrons. The van der Waals surface area contributed by atoms with E-state index in [-0.39, 0.29) is 5.91 Å². The number of nitrogens with one attached hydrogen (secondary N) is 1. The van der Waals surface area contributed by atoms with Crippen molar-refractivity contribution >= 4 is 28.6 Å². The largest absolute Gasteiger partial charge is 0.328 e. The number of amides is 1. The van der Waals surface area contributed by atoms with Gasteiger partial charge in [0.15, 0.2) is 0 Å². The first kappa shape index (κ1) is 19.3. The average molecular weight is 413 g/mol. The third-order valence-corrected chi connectivity index (χ3v) is 6.92. The van der Waals surface area contributed by atoms with Crippen LogP contribution in [0.5, 0.6) is 0 Å². The van der Waals surface area contributed by atoms with Gasteiger partial charge in [0.05, 0.1) is 26.2 Å². The van der Waals surface area contributed by atoms with Crippen LogP contribution in [0.25, 0.3) is 10.6 Å². The maximum atomic E-state index is 12.8. The van der Waals surface area contributed by atoms with Crippen molar-refractivity contribution in [3.63, 3.8) is 0 Å². The van der Waals surface area contributed by atoms with Crippen LogP contribution in [0.4, 0.5) is 0 Å². The molecular weight excluding hydrogens is 386 g/mol. The highest BCUT2D eigenvalue weighted by Crippen LogP contribution is 2.26. The Morgan fingerprint density at radius 1 is 1.14 bits per heavy atom. The molecule has 6 heteroatoms. The first-order valence-corrected chi connectivity index (χ1v) is 11.6. The number of carbonyl (C=O) groups excluding carboxylic acids is 1. The van der Waals surface area contributed by atoms with Gasteiger partial charge in [-0.3, -0.25) is 4.79 Å². The van der Waals surface area contributed by atoms with Crippen LogP contribution in [0.15, 0.2) is 46.5 Å². The van der Waals surface area contributed by atoms with E-state index in [1.807, 2.05) is 21.7 Å². The minimum Gasteiger partial charge on any atom is -0.328 e. The Labute approximate surface area is 174 Å². The second-order valence-corrected chi connectivity index (χ2v) is 9.30. The predicted octanol–water partition coefficient (Wildman–Crippen LogP) is 3.54. The fourth-order valence-electron chi connectivity index (χ4n) is 3.56. The molecule has 0 saturated carbocycles. The molecule has 1 N–H and O–H groups in total. The number of thiazole rings is 1. The van der Waals surface area contributed by atoms with E-state index in [9.17, 15) is 4.79 Å². The predicted molar refractivity (Wildman–Crippen MR) is 116 cm³/mol.